The summed E-state index contributed by atoms with van der Waals surface area (Å²) < 4.78 is 50.9. The summed E-state index contributed by atoms with van der Waals surface area (Å²) in [6, 6.07) is 11.8. The summed E-state index contributed by atoms with van der Waals surface area (Å²) in [5.74, 6) is -1.57. The van der Waals surface area contributed by atoms with Gasteiger partial charge in [-0.05, 0) is 54.8 Å². The number of methoxy groups -OCH3 is 1. The molecule has 0 aromatic heterocycles. The minimum atomic E-state index is -3.88. The summed E-state index contributed by atoms with van der Waals surface area (Å²) in [5, 5.41) is 4.91. The zero-order chi connectivity index (χ0) is 23.8. The second-order valence-corrected chi connectivity index (χ2v) is 9.20. The molecule has 1 unspecified atom stereocenters. The Labute approximate surface area is 191 Å². The van der Waals surface area contributed by atoms with Crippen LogP contribution < -0.4 is 15.4 Å². The number of hydrogen-bond donors (Lipinski definition) is 2. The van der Waals surface area contributed by atoms with E-state index in [4.69, 9.17) is 9.47 Å². The van der Waals surface area contributed by atoms with Crippen molar-refractivity contribution in [1.82, 2.24) is 14.9 Å². The Bertz CT molecular complexity index is 1060. The molecule has 2 amide bonds. The smallest absolute Gasteiger partial charge is 0.309 e. The van der Waals surface area contributed by atoms with Crippen molar-refractivity contribution in [2.24, 2.45) is 0 Å². The Morgan fingerprint density at radius 1 is 1.09 bits per heavy atom. The molecular formula is C22H26FN3O6S. The van der Waals surface area contributed by atoms with Crippen LogP contribution in [0.3, 0.4) is 0 Å². The lowest BCUT2D eigenvalue weighted by atomic mass is 10.1. The molecule has 1 saturated heterocycles. The Morgan fingerprint density at radius 2 is 1.76 bits per heavy atom. The first-order valence-electron chi connectivity index (χ1n) is 10.4. The second-order valence-electron chi connectivity index (χ2n) is 7.31. The van der Waals surface area contributed by atoms with Crippen LogP contribution in [0.15, 0.2) is 53.4 Å². The van der Waals surface area contributed by atoms with Crippen molar-refractivity contribution < 1.29 is 31.9 Å². The Balaban J connectivity index is 1.53. The first kappa shape index (κ1) is 24.6. The summed E-state index contributed by atoms with van der Waals surface area (Å²) in [6.45, 7) is 0.563. The van der Waals surface area contributed by atoms with E-state index in [1.807, 2.05) is 0 Å². The van der Waals surface area contributed by atoms with Crippen molar-refractivity contribution in [1.29, 1.82) is 0 Å². The van der Waals surface area contributed by atoms with Gasteiger partial charge in [-0.1, -0.05) is 12.1 Å². The molecule has 1 aliphatic heterocycles. The highest BCUT2D eigenvalue weighted by Crippen LogP contribution is 2.23. The van der Waals surface area contributed by atoms with Gasteiger partial charge in [0, 0.05) is 13.1 Å². The predicted molar refractivity (Wildman–Crippen MR) is 117 cm³/mol. The van der Waals surface area contributed by atoms with E-state index in [2.05, 4.69) is 10.6 Å². The van der Waals surface area contributed by atoms with Crippen LogP contribution >= 0.6 is 0 Å². The molecular weight excluding hydrogens is 453 g/mol. The van der Waals surface area contributed by atoms with Crippen LogP contribution in [0.5, 0.6) is 5.75 Å². The van der Waals surface area contributed by atoms with Crippen LogP contribution in [0.25, 0.3) is 0 Å². The lowest BCUT2D eigenvalue weighted by Gasteiger charge is -2.34. The number of nitrogens with zero attached hydrogens (tertiary/aromatic N) is 1. The van der Waals surface area contributed by atoms with Gasteiger partial charge in [-0.2, -0.15) is 4.31 Å². The normalized spacial score (nSPS) is 16.7. The monoisotopic (exact) mass is 479 g/mol. The van der Waals surface area contributed by atoms with Gasteiger partial charge >= 0.3 is 11.8 Å². The third-order valence-electron chi connectivity index (χ3n) is 5.08. The molecule has 1 fully saturated rings. The highest BCUT2D eigenvalue weighted by molar-refractivity contribution is 7.89. The number of nitrogens with one attached hydrogen (secondary N) is 2. The van der Waals surface area contributed by atoms with Crippen molar-refractivity contribution in [3.63, 3.8) is 0 Å². The maximum absolute atomic E-state index is 13.1. The molecule has 3 rings (SSSR count). The molecule has 0 aliphatic carbocycles. The zero-order valence-corrected chi connectivity index (χ0v) is 18.9. The quantitative estimate of drug-likeness (QED) is 0.547. The molecule has 33 heavy (non-hydrogen) atoms. The molecule has 9 nitrogen and oxygen atoms in total. The number of sulfonamides is 1. The number of benzene rings is 2. The topological polar surface area (TPSA) is 114 Å². The van der Waals surface area contributed by atoms with Crippen LogP contribution in [0, 0.1) is 5.82 Å². The minimum Gasteiger partial charge on any atom is -0.497 e. The van der Waals surface area contributed by atoms with Crippen molar-refractivity contribution in [3.05, 3.63) is 59.9 Å². The molecule has 1 heterocycles. The van der Waals surface area contributed by atoms with E-state index in [0.29, 0.717) is 25.2 Å². The van der Waals surface area contributed by atoms with Gasteiger partial charge in [0.1, 0.15) is 17.8 Å². The fourth-order valence-electron chi connectivity index (χ4n) is 3.30. The van der Waals surface area contributed by atoms with Gasteiger partial charge < -0.3 is 20.1 Å². The fourth-order valence-corrected chi connectivity index (χ4v) is 4.86. The number of carbonyl (C=O) groups excluding carboxylic acids is 2. The zero-order valence-electron chi connectivity index (χ0n) is 18.1. The summed E-state index contributed by atoms with van der Waals surface area (Å²) in [7, 11) is -2.39. The number of rotatable bonds is 8. The van der Waals surface area contributed by atoms with Gasteiger partial charge in [0.05, 0.1) is 25.2 Å². The van der Waals surface area contributed by atoms with E-state index >= 15 is 0 Å². The maximum atomic E-state index is 13.1. The molecule has 1 aliphatic rings. The van der Waals surface area contributed by atoms with Gasteiger partial charge in [-0.25, -0.2) is 12.8 Å². The van der Waals surface area contributed by atoms with Crippen LogP contribution in [0.4, 0.5) is 4.39 Å². The number of halogens is 1. The molecule has 178 valence electrons. The molecule has 2 aromatic rings. The van der Waals surface area contributed by atoms with E-state index < -0.39 is 28.1 Å². The Morgan fingerprint density at radius 3 is 2.42 bits per heavy atom. The minimum absolute atomic E-state index is 0.0728. The first-order chi connectivity index (χ1) is 15.8. The van der Waals surface area contributed by atoms with Gasteiger partial charge in [-0.15, -0.1) is 0 Å². The van der Waals surface area contributed by atoms with E-state index in [-0.39, 0.29) is 30.3 Å². The third kappa shape index (κ3) is 6.50. The van der Waals surface area contributed by atoms with Crippen LogP contribution in [0.2, 0.25) is 0 Å². The number of carbonyl (C=O) groups is 2. The SMILES string of the molecule is COc1ccc(S(=O)(=O)N2CCCOC2CNC(=O)C(=O)NCCc2ccc(F)cc2)cc1. The van der Waals surface area contributed by atoms with E-state index in [0.717, 1.165) is 5.56 Å². The highest BCUT2D eigenvalue weighted by atomic mass is 32.2. The Hall–Kier alpha value is -3.02. The van der Waals surface area contributed by atoms with Gasteiger partial charge in [0.2, 0.25) is 10.0 Å². The van der Waals surface area contributed by atoms with E-state index in [1.54, 1.807) is 24.3 Å². The largest absolute Gasteiger partial charge is 0.497 e. The van der Waals surface area contributed by atoms with Crippen LogP contribution in [-0.4, -0.2) is 64.1 Å². The second kappa shape index (κ2) is 11.2. The molecule has 2 aromatic carbocycles. The van der Waals surface area contributed by atoms with Gasteiger partial charge in [-0.3, -0.25) is 9.59 Å². The average molecular weight is 480 g/mol. The van der Waals surface area contributed by atoms with Crippen LogP contribution in [0.1, 0.15) is 12.0 Å². The molecule has 0 spiro atoms. The summed E-state index contributed by atoms with van der Waals surface area (Å²) in [4.78, 5) is 24.3. The van der Waals surface area contributed by atoms with Gasteiger partial charge in [0.25, 0.3) is 0 Å². The molecule has 1 atom stereocenters. The fraction of sp³-hybridized carbons (Fsp3) is 0.364. The Kier molecular flexibility index (Phi) is 8.37. The van der Waals surface area contributed by atoms with Gasteiger partial charge in [0.15, 0.2) is 0 Å². The summed E-state index contributed by atoms with van der Waals surface area (Å²) >= 11 is 0. The third-order valence-corrected chi connectivity index (χ3v) is 6.98. The van der Waals surface area contributed by atoms with E-state index in [9.17, 15) is 22.4 Å². The standard InChI is InChI=1S/C22H26FN3O6S/c1-31-18-7-9-19(10-8-18)33(29,30)26-13-2-14-32-20(26)15-25-22(28)21(27)24-12-11-16-3-5-17(23)6-4-16/h3-10,20H,2,11-15H2,1H3,(H,24,27)(H,25,28). The lowest BCUT2D eigenvalue weighted by molar-refractivity contribution is -0.140. The van der Waals surface area contributed by atoms with E-state index in [1.165, 1.54) is 35.7 Å². The maximum Gasteiger partial charge on any atom is 0.309 e. The van der Waals surface area contributed by atoms with Crippen molar-refractivity contribution >= 4 is 21.8 Å². The number of ether oxygens (including phenoxy) is 2. The predicted octanol–water partition coefficient (Wildman–Crippen LogP) is 1.05. The summed E-state index contributed by atoms with van der Waals surface area (Å²) in [5.41, 5.74) is 0.812. The lowest BCUT2D eigenvalue weighted by Crippen LogP contribution is -2.53. The number of hydrogen-bond acceptors (Lipinski definition) is 6. The molecule has 0 radical (unpaired) electrons. The number of amides is 2. The van der Waals surface area contributed by atoms with Crippen LogP contribution in [-0.2, 0) is 30.8 Å². The summed E-state index contributed by atoms with van der Waals surface area (Å²) in [6.07, 6.45) is -0.00961. The van der Waals surface area contributed by atoms with Crippen molar-refractivity contribution in [3.8, 4) is 5.75 Å². The first-order valence-corrected chi connectivity index (χ1v) is 11.8. The molecule has 2 N–H and O–H groups in total. The molecule has 0 saturated carbocycles. The average Bonchev–Trinajstić information content (AvgIpc) is 2.83. The van der Waals surface area contributed by atoms with Crippen molar-refractivity contribution in [2.45, 2.75) is 24.0 Å². The van der Waals surface area contributed by atoms with Crippen molar-refractivity contribution in [2.75, 3.05) is 33.4 Å². The molecule has 11 heteroatoms. The highest BCUT2D eigenvalue weighted by Gasteiger charge is 2.35. The molecule has 0 bridgehead atoms.